The highest BCUT2D eigenvalue weighted by Gasteiger charge is 2.60. The summed E-state index contributed by atoms with van der Waals surface area (Å²) in [6, 6.07) is 28.9. The van der Waals surface area contributed by atoms with Gasteiger partial charge in [0.1, 0.15) is 5.41 Å². The van der Waals surface area contributed by atoms with E-state index in [4.69, 9.17) is 14.5 Å². The lowest BCUT2D eigenvalue weighted by atomic mass is 9.65. The lowest BCUT2D eigenvalue weighted by Gasteiger charge is -2.47. The molecule has 0 aromatic heterocycles. The summed E-state index contributed by atoms with van der Waals surface area (Å²) in [7, 11) is 0. The van der Waals surface area contributed by atoms with Crippen LogP contribution in [0.15, 0.2) is 89.9 Å². The summed E-state index contributed by atoms with van der Waals surface area (Å²) >= 11 is 0. The van der Waals surface area contributed by atoms with Gasteiger partial charge in [-0.2, -0.15) is 0 Å². The number of rotatable bonds is 2. The maximum absolute atomic E-state index is 6.42. The second-order valence-corrected chi connectivity index (χ2v) is 6.63. The molecule has 0 saturated carbocycles. The summed E-state index contributed by atoms with van der Waals surface area (Å²) < 4.78 is 12.8. The third-order valence-corrected chi connectivity index (χ3v) is 5.33. The lowest BCUT2D eigenvalue weighted by Crippen LogP contribution is -2.53. The van der Waals surface area contributed by atoms with E-state index in [2.05, 4.69) is 54.6 Å². The number of nitrogens with zero attached hydrogens (tertiary/aromatic N) is 1. The van der Waals surface area contributed by atoms with Gasteiger partial charge in [0.25, 0.3) is 0 Å². The van der Waals surface area contributed by atoms with Crippen LogP contribution in [0.4, 0.5) is 5.69 Å². The minimum atomic E-state index is -0.923. The molecule has 26 heavy (non-hydrogen) atoms. The van der Waals surface area contributed by atoms with Crippen LogP contribution in [0.1, 0.15) is 16.7 Å². The predicted octanol–water partition coefficient (Wildman–Crippen LogP) is 4.59. The Labute approximate surface area is 152 Å². The highest BCUT2D eigenvalue weighted by atomic mass is 16.7. The van der Waals surface area contributed by atoms with Crippen molar-refractivity contribution in [3.8, 4) is 0 Å². The van der Waals surface area contributed by atoms with E-state index in [1.54, 1.807) is 0 Å². The first-order chi connectivity index (χ1) is 12.9. The van der Waals surface area contributed by atoms with Gasteiger partial charge in [0.05, 0.1) is 18.9 Å². The molecular formula is C23H19NO2. The SMILES string of the molecule is C1=Nc2ccccc2C2(OCCO2)C1(c1ccccc1)c1ccccc1. The first-order valence-electron chi connectivity index (χ1n) is 8.90. The van der Waals surface area contributed by atoms with E-state index in [9.17, 15) is 0 Å². The van der Waals surface area contributed by atoms with E-state index < -0.39 is 11.2 Å². The van der Waals surface area contributed by atoms with Crippen LogP contribution in [-0.4, -0.2) is 19.4 Å². The van der Waals surface area contributed by atoms with Crippen LogP contribution in [0, 0.1) is 0 Å². The fraction of sp³-hybridized carbons (Fsp3) is 0.174. The summed E-state index contributed by atoms with van der Waals surface area (Å²) in [6.45, 7) is 1.12. The normalized spacial score (nSPS) is 19.4. The van der Waals surface area contributed by atoms with Crippen LogP contribution in [0.5, 0.6) is 0 Å². The number of hydrogen-bond acceptors (Lipinski definition) is 3. The number of hydrogen-bond donors (Lipinski definition) is 0. The molecule has 2 aliphatic rings. The van der Waals surface area contributed by atoms with Gasteiger partial charge in [-0.1, -0.05) is 78.9 Å². The molecule has 0 aliphatic carbocycles. The average molecular weight is 341 g/mol. The van der Waals surface area contributed by atoms with E-state index in [1.807, 2.05) is 36.5 Å². The zero-order valence-electron chi connectivity index (χ0n) is 14.3. The largest absolute Gasteiger partial charge is 0.342 e. The van der Waals surface area contributed by atoms with Gasteiger partial charge >= 0.3 is 0 Å². The van der Waals surface area contributed by atoms with Crippen molar-refractivity contribution in [2.45, 2.75) is 11.2 Å². The van der Waals surface area contributed by atoms with Crippen LogP contribution in [0.25, 0.3) is 0 Å². The van der Waals surface area contributed by atoms with Crippen LogP contribution >= 0.6 is 0 Å². The molecule has 1 saturated heterocycles. The standard InChI is InChI=1S/C23H19NO2/c1-3-9-18(10-4-1)22(19-11-5-2-6-12-19)17-24-21-14-8-7-13-20(21)23(22)25-15-16-26-23/h1-14,17H,15-16H2. The van der Waals surface area contributed by atoms with E-state index in [-0.39, 0.29) is 0 Å². The first-order valence-corrected chi connectivity index (χ1v) is 8.90. The molecule has 0 N–H and O–H groups in total. The van der Waals surface area contributed by atoms with E-state index >= 15 is 0 Å². The topological polar surface area (TPSA) is 30.8 Å². The quantitative estimate of drug-likeness (QED) is 0.683. The monoisotopic (exact) mass is 341 g/mol. The van der Waals surface area contributed by atoms with Crippen LogP contribution in [-0.2, 0) is 20.7 Å². The van der Waals surface area contributed by atoms with Crippen molar-refractivity contribution in [1.82, 2.24) is 0 Å². The molecule has 3 nitrogen and oxygen atoms in total. The summed E-state index contributed by atoms with van der Waals surface area (Å²) in [6.07, 6.45) is 2.01. The molecule has 3 aromatic carbocycles. The Morgan fingerprint density at radius 1 is 0.654 bits per heavy atom. The fourth-order valence-corrected chi connectivity index (χ4v) is 4.22. The minimum Gasteiger partial charge on any atom is -0.342 e. The Kier molecular flexibility index (Phi) is 3.52. The first kappa shape index (κ1) is 15.5. The Balaban J connectivity index is 1.88. The molecular weight excluding hydrogens is 322 g/mol. The molecule has 2 aliphatic heterocycles. The van der Waals surface area contributed by atoms with E-state index in [0.29, 0.717) is 13.2 Å². The van der Waals surface area contributed by atoms with Crippen molar-refractivity contribution < 1.29 is 9.47 Å². The van der Waals surface area contributed by atoms with Crippen molar-refractivity contribution in [2.75, 3.05) is 13.2 Å². The van der Waals surface area contributed by atoms with E-state index in [0.717, 1.165) is 22.4 Å². The molecule has 5 rings (SSSR count). The molecule has 0 radical (unpaired) electrons. The predicted molar refractivity (Wildman–Crippen MR) is 102 cm³/mol. The lowest BCUT2D eigenvalue weighted by molar-refractivity contribution is -0.191. The third-order valence-electron chi connectivity index (χ3n) is 5.33. The smallest absolute Gasteiger partial charge is 0.216 e. The van der Waals surface area contributed by atoms with Crippen LogP contribution < -0.4 is 0 Å². The summed E-state index contributed by atoms with van der Waals surface area (Å²) in [5.74, 6) is -0.923. The molecule has 1 fully saturated rings. The van der Waals surface area contributed by atoms with Gasteiger partial charge in [0.15, 0.2) is 0 Å². The number of aliphatic imine (C=N–C) groups is 1. The summed E-state index contributed by atoms with van der Waals surface area (Å²) in [5, 5.41) is 0. The molecule has 3 aromatic rings. The summed E-state index contributed by atoms with van der Waals surface area (Å²) in [5.41, 5.74) is 3.43. The minimum absolute atomic E-state index is 0.559. The molecule has 0 unspecified atom stereocenters. The highest BCUT2D eigenvalue weighted by molar-refractivity contribution is 5.87. The molecule has 0 amide bonds. The van der Waals surface area contributed by atoms with Gasteiger partial charge in [-0.3, -0.25) is 4.99 Å². The second kappa shape index (κ2) is 5.90. The maximum Gasteiger partial charge on any atom is 0.216 e. The van der Waals surface area contributed by atoms with Gasteiger partial charge in [-0.15, -0.1) is 0 Å². The van der Waals surface area contributed by atoms with Crippen LogP contribution in [0.2, 0.25) is 0 Å². The van der Waals surface area contributed by atoms with Gasteiger partial charge in [-0.05, 0) is 17.2 Å². The Morgan fingerprint density at radius 2 is 1.19 bits per heavy atom. The van der Waals surface area contributed by atoms with Gasteiger partial charge < -0.3 is 9.47 Å². The Bertz CT molecular complexity index is 905. The van der Waals surface area contributed by atoms with E-state index in [1.165, 1.54) is 0 Å². The van der Waals surface area contributed by atoms with Crippen molar-refractivity contribution in [2.24, 2.45) is 4.99 Å². The van der Waals surface area contributed by atoms with Gasteiger partial charge in [0, 0.05) is 11.8 Å². The zero-order valence-corrected chi connectivity index (χ0v) is 14.3. The second-order valence-electron chi connectivity index (χ2n) is 6.63. The molecule has 0 atom stereocenters. The summed E-state index contributed by atoms with van der Waals surface area (Å²) in [4.78, 5) is 4.83. The number of para-hydroxylation sites is 1. The van der Waals surface area contributed by atoms with Crippen molar-refractivity contribution in [3.63, 3.8) is 0 Å². The molecule has 3 heteroatoms. The van der Waals surface area contributed by atoms with Gasteiger partial charge in [0.2, 0.25) is 5.79 Å². The number of ether oxygens (including phenoxy) is 2. The van der Waals surface area contributed by atoms with Crippen LogP contribution in [0.3, 0.4) is 0 Å². The highest BCUT2D eigenvalue weighted by Crippen LogP contribution is 2.55. The van der Waals surface area contributed by atoms with Gasteiger partial charge in [-0.25, -0.2) is 0 Å². The fourth-order valence-electron chi connectivity index (χ4n) is 4.22. The number of benzene rings is 3. The zero-order chi connectivity index (χ0) is 17.5. The molecule has 0 bridgehead atoms. The number of fused-ring (bicyclic) bond motifs is 2. The Hall–Kier alpha value is -2.75. The van der Waals surface area contributed by atoms with Crippen molar-refractivity contribution in [3.05, 3.63) is 102 Å². The van der Waals surface area contributed by atoms with Crippen molar-refractivity contribution in [1.29, 1.82) is 0 Å². The molecule has 128 valence electrons. The molecule has 2 heterocycles. The maximum atomic E-state index is 6.42. The van der Waals surface area contributed by atoms with Crippen molar-refractivity contribution >= 4 is 11.9 Å². The third kappa shape index (κ3) is 1.99. The molecule has 1 spiro atoms. The average Bonchev–Trinajstić information content (AvgIpc) is 3.21. The Morgan fingerprint density at radius 3 is 1.81 bits per heavy atom.